The van der Waals surface area contributed by atoms with E-state index in [4.69, 9.17) is 0 Å². The average molecular weight is 446 g/mol. The fourth-order valence-electron chi connectivity index (χ4n) is 3.34. The van der Waals surface area contributed by atoms with Gasteiger partial charge in [0.15, 0.2) is 5.82 Å². The Morgan fingerprint density at radius 1 is 1.00 bits per heavy atom. The predicted molar refractivity (Wildman–Crippen MR) is 116 cm³/mol. The first-order valence-electron chi connectivity index (χ1n) is 9.13. The number of fused-ring (bicyclic) bond motifs is 2. The highest BCUT2D eigenvalue weighted by atomic mass is 79.9. The molecule has 0 bridgehead atoms. The van der Waals surface area contributed by atoms with E-state index in [-0.39, 0.29) is 5.91 Å². The quantitative estimate of drug-likeness (QED) is 0.371. The second-order valence-electron chi connectivity index (χ2n) is 6.75. The van der Waals surface area contributed by atoms with Crippen molar-refractivity contribution in [2.24, 2.45) is 0 Å². The van der Waals surface area contributed by atoms with E-state index in [1.54, 1.807) is 6.07 Å². The first kappa shape index (κ1) is 17.6. The van der Waals surface area contributed by atoms with E-state index in [1.807, 2.05) is 60.7 Å². The molecule has 0 spiro atoms. The third kappa shape index (κ3) is 3.40. The van der Waals surface area contributed by atoms with E-state index in [0.29, 0.717) is 17.9 Å². The number of aromatic amines is 2. The van der Waals surface area contributed by atoms with Crippen molar-refractivity contribution in [3.63, 3.8) is 0 Å². The number of hydrogen-bond donors (Lipinski definition) is 3. The van der Waals surface area contributed by atoms with Gasteiger partial charge in [-0.25, -0.2) is 4.98 Å². The number of H-pyrrole nitrogens is 2. The maximum Gasteiger partial charge on any atom is 0.251 e. The van der Waals surface area contributed by atoms with E-state index in [9.17, 15) is 4.79 Å². The van der Waals surface area contributed by atoms with Crippen LogP contribution in [-0.4, -0.2) is 26.1 Å². The van der Waals surface area contributed by atoms with Crippen LogP contribution in [0.4, 0.5) is 0 Å². The van der Waals surface area contributed by atoms with Crippen LogP contribution in [0.25, 0.3) is 33.5 Å². The van der Waals surface area contributed by atoms with Gasteiger partial charge in [-0.15, -0.1) is 0 Å². The number of hydrogen-bond acceptors (Lipinski definition) is 3. The number of imidazole rings is 1. The van der Waals surface area contributed by atoms with Gasteiger partial charge in [-0.1, -0.05) is 46.3 Å². The number of para-hydroxylation sites is 1. The standard InChI is InChI=1S/C22H16BrN5O/c23-15-5-3-4-13(10-15)12-24-22(29)14-8-9-18-19(11-14)26-21(25-18)20-16-6-1-2-7-17(16)27-28-20/h1-11H,12H2,(H,24,29)(H,25,26)(H,27,28). The molecule has 0 aliphatic heterocycles. The number of aromatic nitrogens is 4. The van der Waals surface area contributed by atoms with Gasteiger partial charge in [0.1, 0.15) is 5.69 Å². The average Bonchev–Trinajstić information content (AvgIpc) is 3.35. The van der Waals surface area contributed by atoms with Gasteiger partial charge in [0, 0.05) is 22.0 Å². The van der Waals surface area contributed by atoms with Gasteiger partial charge in [0.05, 0.1) is 16.6 Å². The van der Waals surface area contributed by atoms with Gasteiger partial charge < -0.3 is 10.3 Å². The molecular formula is C22H16BrN5O. The van der Waals surface area contributed by atoms with Crippen molar-refractivity contribution < 1.29 is 4.79 Å². The minimum atomic E-state index is -0.131. The van der Waals surface area contributed by atoms with Gasteiger partial charge in [-0.05, 0) is 42.0 Å². The lowest BCUT2D eigenvalue weighted by Crippen LogP contribution is -2.22. The number of carbonyl (C=O) groups is 1. The molecule has 3 N–H and O–H groups in total. The van der Waals surface area contributed by atoms with Gasteiger partial charge in [-0.2, -0.15) is 5.10 Å². The summed E-state index contributed by atoms with van der Waals surface area (Å²) in [6, 6.07) is 21.2. The van der Waals surface area contributed by atoms with Gasteiger partial charge in [0.25, 0.3) is 5.91 Å². The molecule has 0 aliphatic carbocycles. The van der Waals surface area contributed by atoms with Crippen LogP contribution in [0.15, 0.2) is 71.2 Å². The minimum absolute atomic E-state index is 0.131. The summed E-state index contributed by atoms with van der Waals surface area (Å²) in [5.41, 5.74) is 4.91. The molecule has 0 unspecified atom stereocenters. The minimum Gasteiger partial charge on any atom is -0.348 e. The summed E-state index contributed by atoms with van der Waals surface area (Å²) in [5.74, 6) is 0.539. The molecule has 2 aromatic heterocycles. The van der Waals surface area contributed by atoms with Crippen molar-refractivity contribution in [2.45, 2.75) is 6.54 Å². The fourth-order valence-corrected chi connectivity index (χ4v) is 3.78. The highest BCUT2D eigenvalue weighted by Crippen LogP contribution is 2.26. The Kier molecular flexibility index (Phi) is 4.37. The summed E-state index contributed by atoms with van der Waals surface area (Å²) in [4.78, 5) is 20.5. The van der Waals surface area contributed by atoms with Crippen LogP contribution in [0.5, 0.6) is 0 Å². The van der Waals surface area contributed by atoms with Crippen LogP contribution >= 0.6 is 15.9 Å². The molecule has 29 heavy (non-hydrogen) atoms. The van der Waals surface area contributed by atoms with E-state index < -0.39 is 0 Å². The molecule has 0 saturated heterocycles. The molecule has 3 aromatic carbocycles. The van der Waals surface area contributed by atoms with Crippen LogP contribution in [0, 0.1) is 0 Å². The second-order valence-corrected chi connectivity index (χ2v) is 7.66. The number of nitrogens with zero attached hydrogens (tertiary/aromatic N) is 2. The highest BCUT2D eigenvalue weighted by Gasteiger charge is 2.14. The normalized spacial score (nSPS) is 11.2. The lowest BCUT2D eigenvalue weighted by molar-refractivity contribution is 0.0951. The second kappa shape index (κ2) is 7.18. The Hall–Kier alpha value is -3.45. The number of nitrogens with one attached hydrogen (secondary N) is 3. The van der Waals surface area contributed by atoms with E-state index in [1.165, 1.54) is 0 Å². The molecule has 0 atom stereocenters. The number of amides is 1. The van der Waals surface area contributed by atoms with Crippen LogP contribution < -0.4 is 5.32 Å². The number of halogens is 1. The van der Waals surface area contributed by atoms with Gasteiger partial charge in [-0.3, -0.25) is 9.89 Å². The molecule has 142 valence electrons. The molecule has 1 amide bonds. The Morgan fingerprint density at radius 3 is 2.79 bits per heavy atom. The molecule has 0 aliphatic rings. The molecule has 5 rings (SSSR count). The van der Waals surface area contributed by atoms with Crippen LogP contribution in [0.1, 0.15) is 15.9 Å². The van der Waals surface area contributed by atoms with Crippen molar-refractivity contribution in [3.05, 3.63) is 82.3 Å². The fraction of sp³-hybridized carbons (Fsp3) is 0.0455. The Morgan fingerprint density at radius 2 is 1.90 bits per heavy atom. The highest BCUT2D eigenvalue weighted by molar-refractivity contribution is 9.10. The third-order valence-corrected chi connectivity index (χ3v) is 5.27. The number of carbonyl (C=O) groups excluding carboxylic acids is 1. The van der Waals surface area contributed by atoms with Crippen molar-refractivity contribution in [1.29, 1.82) is 0 Å². The zero-order valence-electron chi connectivity index (χ0n) is 15.2. The van der Waals surface area contributed by atoms with Crippen molar-refractivity contribution >= 4 is 43.8 Å². The summed E-state index contributed by atoms with van der Waals surface area (Å²) < 4.78 is 0.988. The molecule has 0 radical (unpaired) electrons. The van der Waals surface area contributed by atoms with Gasteiger partial charge >= 0.3 is 0 Å². The largest absolute Gasteiger partial charge is 0.348 e. The molecule has 6 nitrogen and oxygen atoms in total. The molecule has 0 saturated carbocycles. The third-order valence-electron chi connectivity index (χ3n) is 4.78. The van der Waals surface area contributed by atoms with E-state index in [2.05, 4.69) is 41.4 Å². The summed E-state index contributed by atoms with van der Waals surface area (Å²) in [6.45, 7) is 0.462. The zero-order valence-corrected chi connectivity index (χ0v) is 16.8. The molecule has 5 aromatic rings. The summed E-state index contributed by atoms with van der Waals surface area (Å²) in [6.07, 6.45) is 0. The van der Waals surface area contributed by atoms with E-state index >= 15 is 0 Å². The SMILES string of the molecule is O=C(NCc1cccc(Br)c1)c1ccc2nc(-c3n[nH]c4ccccc34)[nH]c2c1. The Labute approximate surface area is 174 Å². The van der Waals surface area contributed by atoms with Crippen LogP contribution in [0.3, 0.4) is 0 Å². The predicted octanol–water partition coefficient (Wildman–Crippen LogP) is 4.80. The van der Waals surface area contributed by atoms with Crippen LogP contribution in [0.2, 0.25) is 0 Å². The lowest BCUT2D eigenvalue weighted by atomic mass is 10.1. The Balaban J connectivity index is 1.41. The van der Waals surface area contributed by atoms with Gasteiger partial charge in [0.2, 0.25) is 0 Å². The van der Waals surface area contributed by atoms with Crippen molar-refractivity contribution in [3.8, 4) is 11.5 Å². The van der Waals surface area contributed by atoms with Crippen LogP contribution in [-0.2, 0) is 6.54 Å². The number of rotatable bonds is 4. The molecular weight excluding hydrogens is 430 g/mol. The lowest BCUT2D eigenvalue weighted by Gasteiger charge is -2.06. The maximum absolute atomic E-state index is 12.6. The van der Waals surface area contributed by atoms with E-state index in [0.717, 1.165) is 37.7 Å². The monoisotopic (exact) mass is 445 g/mol. The topological polar surface area (TPSA) is 86.5 Å². The smallest absolute Gasteiger partial charge is 0.251 e. The summed E-state index contributed by atoms with van der Waals surface area (Å²) in [7, 11) is 0. The summed E-state index contributed by atoms with van der Waals surface area (Å²) in [5, 5.41) is 11.4. The zero-order chi connectivity index (χ0) is 19.8. The first-order valence-corrected chi connectivity index (χ1v) is 9.92. The first-order chi connectivity index (χ1) is 14.2. The maximum atomic E-state index is 12.6. The Bertz CT molecular complexity index is 1350. The van der Waals surface area contributed by atoms with Crippen molar-refractivity contribution in [2.75, 3.05) is 0 Å². The molecule has 0 fully saturated rings. The summed E-state index contributed by atoms with van der Waals surface area (Å²) >= 11 is 3.44. The number of benzene rings is 3. The molecule has 2 heterocycles. The van der Waals surface area contributed by atoms with Crippen molar-refractivity contribution in [1.82, 2.24) is 25.5 Å². The molecule has 7 heteroatoms.